The summed E-state index contributed by atoms with van der Waals surface area (Å²) in [4.78, 5) is 11.8. The number of benzene rings is 1. The molecule has 7 nitrogen and oxygen atoms in total. The second-order valence-electron chi connectivity index (χ2n) is 4.25. The van der Waals surface area contributed by atoms with Gasteiger partial charge in [-0.2, -0.15) is 0 Å². The minimum absolute atomic E-state index is 0.0646. The molecule has 0 aliphatic rings. The fraction of sp³-hybridized carbons (Fsp3) is 0.357. The molecule has 0 saturated heterocycles. The van der Waals surface area contributed by atoms with Crippen molar-refractivity contribution in [1.29, 1.82) is 0 Å². The molecule has 1 N–H and O–H groups in total. The minimum Gasteiger partial charge on any atom is -0.497 e. The molecule has 1 aromatic carbocycles. The molecule has 1 aromatic heterocycles. The van der Waals surface area contributed by atoms with Crippen LogP contribution in [0.1, 0.15) is 17.1 Å². The Morgan fingerprint density at radius 2 is 2.19 bits per heavy atom. The molecule has 21 heavy (non-hydrogen) atoms. The molecule has 112 valence electrons. The molecule has 1 amide bonds. The molecule has 0 aliphatic heterocycles. The monoisotopic (exact) mass is 291 g/mol. The highest BCUT2D eigenvalue weighted by Gasteiger charge is 2.15. The number of hydrogen-bond donors (Lipinski definition) is 1. The highest BCUT2D eigenvalue weighted by molar-refractivity contribution is 5.89. The number of carbonyl (C=O) groups is 1. The van der Waals surface area contributed by atoms with E-state index in [4.69, 9.17) is 13.9 Å². The number of carbonyl (C=O) groups excluding carboxylic acids is 1. The van der Waals surface area contributed by atoms with Gasteiger partial charge in [0, 0.05) is 25.8 Å². The first-order valence-corrected chi connectivity index (χ1v) is 6.49. The van der Waals surface area contributed by atoms with Gasteiger partial charge in [0.1, 0.15) is 5.75 Å². The van der Waals surface area contributed by atoms with Crippen molar-refractivity contribution in [2.75, 3.05) is 27.4 Å². The topological polar surface area (TPSA) is 86.5 Å². The molecule has 7 heteroatoms. The van der Waals surface area contributed by atoms with Gasteiger partial charge in [0.2, 0.25) is 5.89 Å². The first kappa shape index (κ1) is 15.0. The normalized spacial score (nSPS) is 10.4. The first-order chi connectivity index (χ1) is 10.2. The Bertz CT molecular complexity index is 597. The third-order valence-corrected chi connectivity index (χ3v) is 2.75. The predicted molar refractivity (Wildman–Crippen MR) is 75.1 cm³/mol. The predicted octanol–water partition coefficient (Wildman–Crippen LogP) is 1.51. The van der Waals surface area contributed by atoms with Crippen molar-refractivity contribution in [3.8, 4) is 17.2 Å². The lowest BCUT2D eigenvalue weighted by molar-refractivity contribution is 0.0914. The molecule has 0 radical (unpaired) electrons. The highest BCUT2D eigenvalue weighted by Crippen LogP contribution is 2.22. The Morgan fingerprint density at radius 1 is 1.33 bits per heavy atom. The van der Waals surface area contributed by atoms with E-state index in [2.05, 4.69) is 15.5 Å². The molecular formula is C14H17N3O4. The van der Waals surface area contributed by atoms with Gasteiger partial charge in [-0.15, -0.1) is 10.2 Å². The second-order valence-corrected chi connectivity index (χ2v) is 4.25. The van der Waals surface area contributed by atoms with Gasteiger partial charge in [-0.05, 0) is 24.6 Å². The van der Waals surface area contributed by atoms with Gasteiger partial charge in [-0.25, -0.2) is 0 Å². The third-order valence-electron chi connectivity index (χ3n) is 2.75. The number of ether oxygens (including phenoxy) is 2. The highest BCUT2D eigenvalue weighted by atomic mass is 16.5. The van der Waals surface area contributed by atoms with Crippen LogP contribution in [0.5, 0.6) is 5.75 Å². The standard InChI is InChI=1S/C14H17N3O4/c1-19-8-4-7-15-12(18)14-17-16-13(21-14)10-5-3-6-11(9-10)20-2/h3,5-6,9H,4,7-8H2,1-2H3,(H,15,18). The van der Waals surface area contributed by atoms with Gasteiger partial charge in [-0.1, -0.05) is 6.07 Å². The van der Waals surface area contributed by atoms with E-state index in [1.54, 1.807) is 26.4 Å². The average molecular weight is 291 g/mol. The van der Waals surface area contributed by atoms with E-state index in [9.17, 15) is 4.79 Å². The molecule has 0 atom stereocenters. The van der Waals surface area contributed by atoms with Crippen molar-refractivity contribution in [2.45, 2.75) is 6.42 Å². The van der Waals surface area contributed by atoms with E-state index in [-0.39, 0.29) is 11.8 Å². The zero-order valence-electron chi connectivity index (χ0n) is 12.0. The Morgan fingerprint density at radius 3 is 2.95 bits per heavy atom. The van der Waals surface area contributed by atoms with Crippen LogP contribution in [0.25, 0.3) is 11.5 Å². The number of aromatic nitrogens is 2. The molecule has 0 fully saturated rings. The lowest BCUT2D eigenvalue weighted by Crippen LogP contribution is -2.25. The average Bonchev–Trinajstić information content (AvgIpc) is 3.01. The Labute approximate surface area is 122 Å². The number of methoxy groups -OCH3 is 2. The van der Waals surface area contributed by atoms with E-state index in [0.29, 0.717) is 24.5 Å². The summed E-state index contributed by atoms with van der Waals surface area (Å²) in [5.74, 6) is 0.491. The summed E-state index contributed by atoms with van der Waals surface area (Å²) in [6.07, 6.45) is 0.721. The van der Waals surface area contributed by atoms with Crippen molar-refractivity contribution in [2.24, 2.45) is 0 Å². The van der Waals surface area contributed by atoms with Gasteiger partial charge in [0.15, 0.2) is 0 Å². The fourth-order valence-electron chi connectivity index (χ4n) is 1.68. The van der Waals surface area contributed by atoms with E-state index < -0.39 is 5.91 Å². The van der Waals surface area contributed by atoms with Crippen LogP contribution in [0.3, 0.4) is 0 Å². The largest absolute Gasteiger partial charge is 0.497 e. The summed E-state index contributed by atoms with van der Waals surface area (Å²) in [7, 11) is 3.19. The molecular weight excluding hydrogens is 274 g/mol. The summed E-state index contributed by atoms with van der Waals surface area (Å²) in [5.41, 5.74) is 0.695. The first-order valence-electron chi connectivity index (χ1n) is 6.49. The molecule has 0 spiro atoms. The summed E-state index contributed by atoms with van der Waals surface area (Å²) in [6, 6.07) is 7.18. The van der Waals surface area contributed by atoms with Gasteiger partial charge in [0.25, 0.3) is 0 Å². The van der Waals surface area contributed by atoms with Crippen LogP contribution >= 0.6 is 0 Å². The number of hydrogen-bond acceptors (Lipinski definition) is 6. The van der Waals surface area contributed by atoms with Crippen LogP contribution in [0, 0.1) is 0 Å². The molecule has 0 unspecified atom stereocenters. The van der Waals surface area contributed by atoms with Gasteiger partial charge >= 0.3 is 11.8 Å². The Kier molecular flexibility index (Phi) is 5.28. The van der Waals surface area contributed by atoms with Crippen molar-refractivity contribution >= 4 is 5.91 Å². The molecule has 2 rings (SSSR count). The summed E-state index contributed by atoms with van der Waals surface area (Å²) >= 11 is 0. The third kappa shape index (κ3) is 4.03. The summed E-state index contributed by atoms with van der Waals surface area (Å²) in [6.45, 7) is 1.07. The van der Waals surface area contributed by atoms with Crippen LogP contribution in [0.2, 0.25) is 0 Å². The van der Waals surface area contributed by atoms with E-state index in [1.807, 2.05) is 12.1 Å². The molecule has 1 heterocycles. The second kappa shape index (κ2) is 7.39. The van der Waals surface area contributed by atoms with E-state index in [0.717, 1.165) is 6.42 Å². The van der Waals surface area contributed by atoms with Crippen LogP contribution in [-0.2, 0) is 4.74 Å². The van der Waals surface area contributed by atoms with Gasteiger partial charge < -0.3 is 19.2 Å². The smallest absolute Gasteiger partial charge is 0.308 e. The van der Waals surface area contributed by atoms with Gasteiger partial charge in [0.05, 0.1) is 7.11 Å². The molecule has 0 bridgehead atoms. The maximum absolute atomic E-state index is 11.8. The summed E-state index contributed by atoms with van der Waals surface area (Å²) in [5, 5.41) is 10.3. The van der Waals surface area contributed by atoms with E-state index in [1.165, 1.54) is 0 Å². The molecule has 0 saturated carbocycles. The van der Waals surface area contributed by atoms with Crippen LogP contribution < -0.4 is 10.1 Å². The Balaban J connectivity index is 2.01. The van der Waals surface area contributed by atoms with Crippen LogP contribution in [0.15, 0.2) is 28.7 Å². The molecule has 0 aliphatic carbocycles. The van der Waals surface area contributed by atoms with Crippen molar-refractivity contribution in [3.63, 3.8) is 0 Å². The maximum atomic E-state index is 11.8. The Hall–Kier alpha value is -2.41. The van der Waals surface area contributed by atoms with Crippen molar-refractivity contribution in [1.82, 2.24) is 15.5 Å². The zero-order valence-corrected chi connectivity index (χ0v) is 12.0. The van der Waals surface area contributed by atoms with Crippen LogP contribution in [-0.4, -0.2) is 43.5 Å². The van der Waals surface area contributed by atoms with Crippen molar-refractivity contribution < 1.29 is 18.7 Å². The number of nitrogens with one attached hydrogen (secondary N) is 1. The van der Waals surface area contributed by atoms with Crippen LogP contribution in [0.4, 0.5) is 0 Å². The number of rotatable bonds is 7. The fourth-order valence-corrected chi connectivity index (χ4v) is 1.68. The zero-order chi connectivity index (χ0) is 15.1. The van der Waals surface area contributed by atoms with E-state index >= 15 is 0 Å². The van der Waals surface area contributed by atoms with Gasteiger partial charge in [-0.3, -0.25) is 4.79 Å². The number of amides is 1. The minimum atomic E-state index is -0.396. The molecule has 2 aromatic rings. The van der Waals surface area contributed by atoms with Crippen molar-refractivity contribution in [3.05, 3.63) is 30.2 Å². The number of nitrogens with zero attached hydrogens (tertiary/aromatic N) is 2. The SMILES string of the molecule is COCCCNC(=O)c1nnc(-c2cccc(OC)c2)o1. The summed E-state index contributed by atoms with van der Waals surface area (Å²) < 4.78 is 15.4. The lowest BCUT2D eigenvalue weighted by atomic mass is 10.2. The quantitative estimate of drug-likeness (QED) is 0.778. The maximum Gasteiger partial charge on any atom is 0.308 e. The lowest BCUT2D eigenvalue weighted by Gasteiger charge is -2.01.